The summed E-state index contributed by atoms with van der Waals surface area (Å²) in [5.41, 5.74) is 0. The minimum atomic E-state index is 0.261. The second-order valence-electron chi connectivity index (χ2n) is 5.45. The number of morpholine rings is 1. The Balaban J connectivity index is 1.74. The Bertz CT molecular complexity index is 295. The van der Waals surface area contributed by atoms with Gasteiger partial charge in [0.2, 0.25) is 5.91 Å². The quantitative estimate of drug-likeness (QED) is 0.766. The first kappa shape index (κ1) is 15.1. The van der Waals surface area contributed by atoms with Crippen LogP contribution in [0.15, 0.2) is 0 Å². The molecule has 2 atom stereocenters. The lowest BCUT2D eigenvalue weighted by atomic mass is 10.2. The average Bonchev–Trinajstić information content (AvgIpc) is 2.89. The highest BCUT2D eigenvalue weighted by Gasteiger charge is 2.29. The Kier molecular flexibility index (Phi) is 5.98. The van der Waals surface area contributed by atoms with E-state index >= 15 is 0 Å². The molecule has 5 heteroatoms. The van der Waals surface area contributed by atoms with Crippen molar-refractivity contribution in [2.75, 3.05) is 45.6 Å². The fraction of sp³-hybridized carbons (Fsp3) is 0.929. The van der Waals surface area contributed by atoms with Crippen molar-refractivity contribution in [3.8, 4) is 0 Å². The molecule has 19 heavy (non-hydrogen) atoms. The zero-order valence-corrected chi connectivity index (χ0v) is 13.0. The molecule has 1 amide bonds. The number of hydrogen-bond donors (Lipinski definition) is 0. The molecule has 0 N–H and O–H groups in total. The summed E-state index contributed by atoms with van der Waals surface area (Å²) in [6, 6.07) is 0.592. The summed E-state index contributed by atoms with van der Waals surface area (Å²) in [7, 11) is 2.10. The van der Waals surface area contributed by atoms with Crippen LogP contribution in [-0.2, 0) is 9.53 Å². The Morgan fingerprint density at radius 3 is 2.79 bits per heavy atom. The van der Waals surface area contributed by atoms with Crippen LogP contribution in [0.4, 0.5) is 0 Å². The highest BCUT2D eigenvalue weighted by Crippen LogP contribution is 2.32. The molecule has 0 bridgehead atoms. The van der Waals surface area contributed by atoms with Crippen LogP contribution in [0.2, 0.25) is 0 Å². The van der Waals surface area contributed by atoms with Gasteiger partial charge in [0.05, 0.1) is 19.8 Å². The molecule has 110 valence electrons. The SMILES string of the molecule is CCS[C@@H]1CC[C@H](N(C)CC(=O)N2CCOCC2)C1. The molecule has 1 saturated heterocycles. The zero-order chi connectivity index (χ0) is 13.7. The lowest BCUT2D eigenvalue weighted by molar-refractivity contribution is -0.136. The Hall–Kier alpha value is -0.260. The Morgan fingerprint density at radius 1 is 1.37 bits per heavy atom. The minimum absolute atomic E-state index is 0.261. The fourth-order valence-corrected chi connectivity index (χ4v) is 4.09. The van der Waals surface area contributed by atoms with Gasteiger partial charge in [-0.2, -0.15) is 11.8 Å². The maximum Gasteiger partial charge on any atom is 0.236 e. The third-order valence-electron chi connectivity index (χ3n) is 4.13. The van der Waals surface area contributed by atoms with Crippen LogP contribution in [0.25, 0.3) is 0 Å². The van der Waals surface area contributed by atoms with Crippen LogP contribution in [0.1, 0.15) is 26.2 Å². The molecular formula is C14H26N2O2S. The number of thioether (sulfide) groups is 1. The molecule has 2 aliphatic rings. The van der Waals surface area contributed by atoms with Crippen molar-refractivity contribution in [1.29, 1.82) is 0 Å². The maximum atomic E-state index is 12.2. The predicted molar refractivity (Wildman–Crippen MR) is 79.6 cm³/mol. The van der Waals surface area contributed by atoms with Crippen LogP contribution in [0.3, 0.4) is 0 Å². The van der Waals surface area contributed by atoms with E-state index in [0.717, 1.165) is 18.3 Å². The third kappa shape index (κ3) is 4.36. The molecule has 1 heterocycles. The summed E-state index contributed by atoms with van der Waals surface area (Å²) in [5.74, 6) is 1.46. The summed E-state index contributed by atoms with van der Waals surface area (Å²) >= 11 is 2.07. The number of ether oxygens (including phenoxy) is 1. The number of rotatable bonds is 5. The molecule has 2 rings (SSSR count). The van der Waals surface area contributed by atoms with Gasteiger partial charge >= 0.3 is 0 Å². The average molecular weight is 286 g/mol. The van der Waals surface area contributed by atoms with Crippen LogP contribution in [0.5, 0.6) is 0 Å². The largest absolute Gasteiger partial charge is 0.378 e. The summed E-state index contributed by atoms with van der Waals surface area (Å²) in [6.45, 7) is 5.68. The molecule has 0 spiro atoms. The van der Waals surface area contributed by atoms with Crippen LogP contribution in [-0.4, -0.2) is 72.6 Å². The maximum absolute atomic E-state index is 12.2. The molecule has 1 aliphatic heterocycles. The van der Waals surface area contributed by atoms with Gasteiger partial charge in [-0.15, -0.1) is 0 Å². The minimum Gasteiger partial charge on any atom is -0.378 e. The van der Waals surface area contributed by atoms with Crippen molar-refractivity contribution >= 4 is 17.7 Å². The molecule has 1 aliphatic carbocycles. The van der Waals surface area contributed by atoms with Gasteiger partial charge in [-0.3, -0.25) is 9.69 Å². The second kappa shape index (κ2) is 7.50. The van der Waals surface area contributed by atoms with E-state index in [1.54, 1.807) is 0 Å². The second-order valence-corrected chi connectivity index (χ2v) is 7.03. The first-order chi connectivity index (χ1) is 9.20. The number of nitrogens with zero attached hydrogens (tertiary/aromatic N) is 2. The number of likely N-dealkylation sites (N-methyl/N-ethyl adjacent to an activating group) is 1. The number of hydrogen-bond acceptors (Lipinski definition) is 4. The van der Waals surface area contributed by atoms with E-state index in [2.05, 4.69) is 30.6 Å². The van der Waals surface area contributed by atoms with E-state index in [1.165, 1.54) is 25.0 Å². The van der Waals surface area contributed by atoms with E-state index in [-0.39, 0.29) is 5.91 Å². The molecule has 0 radical (unpaired) electrons. The van der Waals surface area contributed by atoms with Gasteiger partial charge in [0.25, 0.3) is 0 Å². The lowest BCUT2D eigenvalue weighted by Crippen LogP contribution is -2.46. The standard InChI is InChI=1S/C14H26N2O2S/c1-3-19-13-5-4-12(10-13)15(2)11-14(17)16-6-8-18-9-7-16/h12-13H,3-11H2,1-2H3/t12-,13+/m0/s1. The van der Waals surface area contributed by atoms with Gasteiger partial charge in [0.15, 0.2) is 0 Å². The topological polar surface area (TPSA) is 32.8 Å². The molecular weight excluding hydrogens is 260 g/mol. The van der Waals surface area contributed by atoms with Gasteiger partial charge in [-0.25, -0.2) is 0 Å². The summed E-state index contributed by atoms with van der Waals surface area (Å²) in [4.78, 5) is 16.4. The smallest absolute Gasteiger partial charge is 0.236 e. The fourth-order valence-electron chi connectivity index (χ4n) is 2.96. The van der Waals surface area contributed by atoms with Gasteiger partial charge in [-0.05, 0) is 32.1 Å². The molecule has 0 unspecified atom stereocenters. The number of carbonyl (C=O) groups is 1. The van der Waals surface area contributed by atoms with Crippen molar-refractivity contribution in [3.05, 3.63) is 0 Å². The van der Waals surface area contributed by atoms with E-state index in [4.69, 9.17) is 4.74 Å². The lowest BCUT2D eigenvalue weighted by Gasteiger charge is -2.30. The van der Waals surface area contributed by atoms with Crippen LogP contribution >= 0.6 is 11.8 Å². The van der Waals surface area contributed by atoms with Crippen molar-refractivity contribution in [2.45, 2.75) is 37.5 Å². The Morgan fingerprint density at radius 2 is 2.11 bits per heavy atom. The highest BCUT2D eigenvalue weighted by molar-refractivity contribution is 7.99. The van der Waals surface area contributed by atoms with Crippen molar-refractivity contribution in [2.24, 2.45) is 0 Å². The normalized spacial score (nSPS) is 28.1. The zero-order valence-electron chi connectivity index (χ0n) is 12.1. The molecule has 2 fully saturated rings. The third-order valence-corrected chi connectivity index (χ3v) is 5.36. The monoisotopic (exact) mass is 286 g/mol. The predicted octanol–water partition coefficient (Wildman–Crippen LogP) is 1.45. The molecule has 4 nitrogen and oxygen atoms in total. The first-order valence-electron chi connectivity index (χ1n) is 7.38. The summed E-state index contributed by atoms with van der Waals surface area (Å²) in [5, 5.41) is 0.802. The molecule has 0 aromatic heterocycles. The van der Waals surface area contributed by atoms with Crippen molar-refractivity contribution in [1.82, 2.24) is 9.80 Å². The van der Waals surface area contributed by atoms with E-state index in [9.17, 15) is 4.79 Å². The van der Waals surface area contributed by atoms with E-state index < -0.39 is 0 Å². The van der Waals surface area contributed by atoms with Crippen molar-refractivity contribution in [3.63, 3.8) is 0 Å². The van der Waals surface area contributed by atoms with Crippen LogP contribution in [0, 0.1) is 0 Å². The van der Waals surface area contributed by atoms with Gasteiger partial charge in [0, 0.05) is 24.4 Å². The van der Waals surface area contributed by atoms with E-state index in [0.29, 0.717) is 25.8 Å². The summed E-state index contributed by atoms with van der Waals surface area (Å²) < 4.78 is 5.29. The summed E-state index contributed by atoms with van der Waals surface area (Å²) in [6.07, 6.45) is 3.79. The van der Waals surface area contributed by atoms with Gasteiger partial charge < -0.3 is 9.64 Å². The molecule has 0 aromatic rings. The molecule has 1 saturated carbocycles. The first-order valence-corrected chi connectivity index (χ1v) is 8.43. The highest BCUT2D eigenvalue weighted by atomic mass is 32.2. The van der Waals surface area contributed by atoms with Gasteiger partial charge in [-0.1, -0.05) is 6.92 Å². The van der Waals surface area contributed by atoms with Gasteiger partial charge in [0.1, 0.15) is 0 Å². The number of carbonyl (C=O) groups excluding carboxylic acids is 1. The van der Waals surface area contributed by atoms with Crippen molar-refractivity contribution < 1.29 is 9.53 Å². The Labute approximate surface area is 120 Å². The van der Waals surface area contributed by atoms with Crippen LogP contribution < -0.4 is 0 Å². The number of amides is 1. The molecule has 0 aromatic carbocycles. The van der Waals surface area contributed by atoms with E-state index in [1.807, 2.05) is 4.90 Å².